The second kappa shape index (κ2) is 10.2. The van der Waals surface area contributed by atoms with Gasteiger partial charge in [0.1, 0.15) is 0 Å². The zero-order valence-electron chi connectivity index (χ0n) is 18.4. The molecule has 0 aromatic heterocycles. The molecule has 0 unspecified atom stereocenters. The molecule has 1 aromatic rings. The molecule has 0 N–H and O–H groups in total. The number of rotatable bonds is 3. The van der Waals surface area contributed by atoms with Crippen LogP contribution in [0.1, 0.15) is 54.4 Å². The Morgan fingerprint density at radius 2 is 1.48 bits per heavy atom. The molecule has 0 spiro atoms. The second-order valence-corrected chi connectivity index (χ2v) is 13.6. The summed E-state index contributed by atoms with van der Waals surface area (Å²) in [6.07, 6.45) is 4.16. The highest BCUT2D eigenvalue weighted by molar-refractivity contribution is 7.86. The Kier molecular flexibility index (Phi) is 9.12. The van der Waals surface area contributed by atoms with Gasteiger partial charge < -0.3 is 4.55 Å². The van der Waals surface area contributed by atoms with Crippen LogP contribution in [-0.2, 0) is 14.9 Å². The summed E-state index contributed by atoms with van der Waals surface area (Å²) >= 11 is -0.258. The predicted molar refractivity (Wildman–Crippen MR) is 109 cm³/mol. The molecule has 31 heavy (non-hydrogen) atoms. The molecule has 0 amide bonds. The molecular formula is C22H28F3IO4S. The monoisotopic (exact) mass is 572 g/mol. The molecule has 0 radical (unpaired) electrons. The van der Waals surface area contributed by atoms with E-state index in [1.807, 2.05) is 20.8 Å². The third-order valence-corrected chi connectivity index (χ3v) is 8.03. The second-order valence-electron chi connectivity index (χ2n) is 9.11. The zero-order chi connectivity index (χ0) is 24.3. The molecule has 0 heterocycles. The van der Waals surface area contributed by atoms with Gasteiger partial charge in [-0.3, -0.25) is 4.79 Å². The van der Waals surface area contributed by atoms with E-state index in [0.29, 0.717) is 5.78 Å². The minimum atomic E-state index is -6.09. The number of carbonyl (C=O) groups is 1. The van der Waals surface area contributed by atoms with Gasteiger partial charge in [0.25, 0.3) is 0 Å². The van der Waals surface area contributed by atoms with E-state index in [1.165, 1.54) is 12.7 Å². The third kappa shape index (κ3) is 8.69. The van der Waals surface area contributed by atoms with E-state index in [1.54, 1.807) is 0 Å². The summed E-state index contributed by atoms with van der Waals surface area (Å²) in [7, 11) is -6.09. The molecular weight excluding hydrogens is 544 g/mol. The average Bonchev–Trinajstić information content (AvgIpc) is 2.59. The van der Waals surface area contributed by atoms with Gasteiger partial charge in [0.05, 0.1) is 0 Å². The van der Waals surface area contributed by atoms with Gasteiger partial charge >= 0.3 is 26.7 Å². The van der Waals surface area contributed by atoms with Crippen LogP contribution in [0.15, 0.2) is 51.1 Å². The van der Waals surface area contributed by atoms with E-state index in [2.05, 4.69) is 57.2 Å². The van der Waals surface area contributed by atoms with Crippen LogP contribution in [0.2, 0.25) is 0 Å². The normalized spacial score (nSPS) is 15.7. The first kappa shape index (κ1) is 27.8. The highest BCUT2D eigenvalue weighted by Gasteiger charge is 2.37. The first-order valence-corrected chi connectivity index (χ1v) is 13.1. The molecule has 0 aliphatic heterocycles. The molecule has 0 saturated heterocycles. The van der Waals surface area contributed by atoms with E-state index < -0.39 is 15.6 Å². The van der Waals surface area contributed by atoms with Crippen molar-refractivity contribution >= 4 is 15.9 Å². The number of Topliss-reactive ketones (excluding diaryl/α,β-unsaturated/α-hetero) is 1. The highest BCUT2D eigenvalue weighted by atomic mass is 127. The number of allylic oxidation sites excluding steroid dienone is 4. The number of ketones is 1. The predicted octanol–water partition coefficient (Wildman–Crippen LogP) is 2.63. The molecule has 1 aromatic carbocycles. The summed E-state index contributed by atoms with van der Waals surface area (Å²) in [5.41, 5.74) is -3.30. The fourth-order valence-electron chi connectivity index (χ4n) is 2.63. The highest BCUT2D eigenvalue weighted by Crippen LogP contribution is 2.36. The lowest BCUT2D eigenvalue weighted by atomic mass is 9.76. The fraction of sp³-hybridized carbons (Fsp3) is 0.500. The van der Waals surface area contributed by atoms with Crippen LogP contribution in [0, 0.1) is 14.4 Å². The largest absolute Gasteiger partial charge is 0.741 e. The number of hydrogen-bond donors (Lipinski definition) is 0. The average molecular weight is 572 g/mol. The van der Waals surface area contributed by atoms with Crippen LogP contribution >= 0.6 is 0 Å². The van der Waals surface area contributed by atoms with E-state index in [4.69, 9.17) is 13.0 Å². The van der Waals surface area contributed by atoms with Gasteiger partial charge in [-0.2, -0.15) is 13.2 Å². The van der Waals surface area contributed by atoms with E-state index in [9.17, 15) is 18.0 Å². The first-order valence-electron chi connectivity index (χ1n) is 9.52. The Morgan fingerprint density at radius 1 is 1.00 bits per heavy atom. The smallest absolute Gasteiger partial charge is 0.485 e. The van der Waals surface area contributed by atoms with Gasteiger partial charge in [0.2, 0.25) is 0 Å². The quantitative estimate of drug-likeness (QED) is 0.242. The topological polar surface area (TPSA) is 74.3 Å². The van der Waals surface area contributed by atoms with Crippen LogP contribution in [0.5, 0.6) is 0 Å². The molecule has 4 nitrogen and oxygen atoms in total. The van der Waals surface area contributed by atoms with E-state index in [-0.39, 0.29) is 32.0 Å². The Hall–Kier alpha value is -1.20. The van der Waals surface area contributed by atoms with Crippen molar-refractivity contribution in [3.63, 3.8) is 0 Å². The molecule has 0 saturated carbocycles. The van der Waals surface area contributed by atoms with Gasteiger partial charge in [0, 0.05) is 23.8 Å². The van der Waals surface area contributed by atoms with Gasteiger partial charge in [-0.15, -0.1) is 0 Å². The first-order chi connectivity index (χ1) is 13.8. The van der Waals surface area contributed by atoms with Gasteiger partial charge in [-0.05, 0) is 17.5 Å². The van der Waals surface area contributed by atoms with Crippen molar-refractivity contribution in [2.75, 3.05) is 0 Å². The number of halogens is 4. The van der Waals surface area contributed by atoms with Crippen LogP contribution in [-0.4, -0.2) is 24.3 Å². The molecule has 174 valence electrons. The van der Waals surface area contributed by atoms with Gasteiger partial charge in [-0.1, -0.05) is 71.4 Å². The van der Waals surface area contributed by atoms with Crippen molar-refractivity contribution in [3.8, 4) is 0 Å². The summed E-state index contributed by atoms with van der Waals surface area (Å²) in [4.78, 5) is 13.0. The van der Waals surface area contributed by atoms with E-state index >= 15 is 0 Å². The van der Waals surface area contributed by atoms with Gasteiger partial charge in [-0.25, -0.2) is 8.42 Å². The van der Waals surface area contributed by atoms with Crippen molar-refractivity contribution in [2.24, 2.45) is 10.8 Å². The number of benzene rings is 1. The molecule has 0 atom stereocenters. The fourth-order valence-corrected chi connectivity index (χ4v) is 5.36. The van der Waals surface area contributed by atoms with Crippen LogP contribution in [0.4, 0.5) is 13.2 Å². The SMILES string of the molecule is CC(C)(C)C(=O)C1=C([I+]c2ccccc2)CC=C(C(C)(C)C)C1.O=S(=O)([O-])C(F)(F)F. The van der Waals surface area contributed by atoms with Crippen LogP contribution in [0.3, 0.4) is 0 Å². The minimum absolute atomic E-state index is 0.139. The van der Waals surface area contributed by atoms with Crippen molar-refractivity contribution in [3.05, 3.63) is 54.7 Å². The molecule has 0 fully saturated rings. The Labute approximate surface area is 193 Å². The number of alkyl halides is 3. The standard InChI is InChI=1S/C21H28IO.CHF3O3S/c1-20(2,3)15-12-13-18(22-16-10-8-7-9-11-16)17(14-15)19(23)21(4,5)6;2-1(3,4)8(5,6)7/h7-12H,13-14H2,1-6H3;(H,5,6,7)/q+1;/p-1. The van der Waals surface area contributed by atoms with Gasteiger partial charge in [0.15, 0.2) is 23.1 Å². The lowest BCUT2D eigenvalue weighted by Crippen LogP contribution is -3.61. The van der Waals surface area contributed by atoms with Crippen LogP contribution < -0.4 is 21.2 Å². The Morgan fingerprint density at radius 3 is 1.87 bits per heavy atom. The molecule has 0 bridgehead atoms. The van der Waals surface area contributed by atoms with Crippen molar-refractivity contribution < 1.29 is 52.1 Å². The summed E-state index contributed by atoms with van der Waals surface area (Å²) < 4.78 is 61.7. The lowest BCUT2D eigenvalue weighted by Gasteiger charge is -2.28. The zero-order valence-corrected chi connectivity index (χ0v) is 21.4. The summed E-state index contributed by atoms with van der Waals surface area (Å²) in [5.74, 6) is 0.331. The molecule has 1 aliphatic rings. The maximum atomic E-state index is 13.0. The maximum absolute atomic E-state index is 13.0. The van der Waals surface area contributed by atoms with Crippen molar-refractivity contribution in [2.45, 2.75) is 59.9 Å². The number of hydrogen-bond acceptors (Lipinski definition) is 4. The third-order valence-electron chi connectivity index (χ3n) is 4.38. The Bertz CT molecular complexity index is 949. The maximum Gasteiger partial charge on any atom is 0.485 e. The summed E-state index contributed by atoms with van der Waals surface area (Å²) in [6, 6.07) is 10.6. The number of carbonyl (C=O) groups excluding carboxylic acids is 1. The summed E-state index contributed by atoms with van der Waals surface area (Å²) in [6.45, 7) is 12.8. The van der Waals surface area contributed by atoms with E-state index in [0.717, 1.165) is 18.4 Å². The minimum Gasteiger partial charge on any atom is -0.741 e. The molecule has 2 rings (SSSR count). The Balaban J connectivity index is 0.000000512. The van der Waals surface area contributed by atoms with Crippen molar-refractivity contribution in [1.82, 2.24) is 0 Å². The lowest BCUT2D eigenvalue weighted by molar-refractivity contribution is -0.578. The summed E-state index contributed by atoms with van der Waals surface area (Å²) in [5, 5.41) is 0. The van der Waals surface area contributed by atoms with Crippen LogP contribution in [0.25, 0.3) is 0 Å². The molecule has 1 aliphatic carbocycles. The van der Waals surface area contributed by atoms with Crippen molar-refractivity contribution in [1.29, 1.82) is 0 Å². The molecule has 9 heteroatoms.